The summed E-state index contributed by atoms with van der Waals surface area (Å²) in [6.07, 6.45) is 2.91. The number of carbonyl (C=O) groups is 1. The number of hydrogen-bond acceptors (Lipinski definition) is 6. The molecule has 0 radical (unpaired) electrons. The number of furan rings is 1. The second-order valence-electron chi connectivity index (χ2n) is 4.97. The molecule has 0 bridgehead atoms. The Morgan fingerprint density at radius 2 is 2.35 bits per heavy atom. The summed E-state index contributed by atoms with van der Waals surface area (Å²) in [5, 5.41) is 6.93. The third kappa shape index (κ3) is 3.25. The van der Waals surface area contributed by atoms with Crippen molar-refractivity contribution in [2.24, 2.45) is 0 Å². The number of ether oxygens (including phenoxy) is 1. The van der Waals surface area contributed by atoms with Crippen LogP contribution in [0.1, 0.15) is 19.8 Å². The normalized spacial score (nSPS) is 10.8. The van der Waals surface area contributed by atoms with Gasteiger partial charge in [0.05, 0.1) is 6.26 Å². The molecular weight excluding hydrogens is 298 g/mol. The third-order valence-corrected chi connectivity index (χ3v) is 3.19. The van der Waals surface area contributed by atoms with Crippen LogP contribution in [0.5, 0.6) is 5.75 Å². The van der Waals surface area contributed by atoms with Gasteiger partial charge in [0.2, 0.25) is 5.82 Å². The number of fused-ring (bicyclic) bond motifs is 1. The van der Waals surface area contributed by atoms with E-state index in [1.807, 2.05) is 6.92 Å². The van der Waals surface area contributed by atoms with Crippen LogP contribution in [-0.2, 0) is 0 Å². The van der Waals surface area contributed by atoms with Crippen LogP contribution >= 0.6 is 0 Å². The van der Waals surface area contributed by atoms with Crippen molar-refractivity contribution in [2.75, 3.05) is 12.3 Å². The van der Waals surface area contributed by atoms with E-state index < -0.39 is 6.09 Å². The predicted molar refractivity (Wildman–Crippen MR) is 84.0 cm³/mol. The number of aromatic nitrogens is 3. The van der Waals surface area contributed by atoms with Crippen LogP contribution < -0.4 is 15.8 Å². The summed E-state index contributed by atoms with van der Waals surface area (Å²) in [4.78, 5) is 16.0. The van der Waals surface area contributed by atoms with E-state index in [-0.39, 0.29) is 0 Å². The molecule has 8 nitrogen and oxygen atoms in total. The lowest BCUT2D eigenvalue weighted by Gasteiger charge is -2.07. The van der Waals surface area contributed by atoms with E-state index >= 15 is 0 Å². The Labute approximate surface area is 132 Å². The van der Waals surface area contributed by atoms with Crippen molar-refractivity contribution in [2.45, 2.75) is 19.8 Å². The largest absolute Gasteiger partial charge is 0.461 e. The Bertz CT molecular complexity index is 810. The molecule has 8 heteroatoms. The molecule has 23 heavy (non-hydrogen) atoms. The number of nitrogens with two attached hydrogens (primary N) is 1. The average Bonchev–Trinajstić information content (AvgIpc) is 3.16. The molecule has 0 fully saturated rings. The van der Waals surface area contributed by atoms with E-state index in [9.17, 15) is 4.79 Å². The van der Waals surface area contributed by atoms with Gasteiger partial charge in [-0.15, -0.1) is 5.10 Å². The summed E-state index contributed by atoms with van der Waals surface area (Å²) in [5.41, 5.74) is 6.40. The van der Waals surface area contributed by atoms with Crippen LogP contribution in [0, 0.1) is 0 Å². The quantitative estimate of drug-likeness (QED) is 0.700. The second-order valence-corrected chi connectivity index (χ2v) is 4.97. The van der Waals surface area contributed by atoms with Crippen LogP contribution in [0.15, 0.2) is 34.9 Å². The first-order chi connectivity index (χ1) is 11.2. The minimum atomic E-state index is -0.520. The number of nitrogen functional groups attached to an aromatic ring is 1. The fraction of sp³-hybridized carbons (Fsp3) is 0.267. The summed E-state index contributed by atoms with van der Waals surface area (Å²) < 4.78 is 11.9. The highest BCUT2D eigenvalue weighted by Crippen LogP contribution is 2.22. The van der Waals surface area contributed by atoms with E-state index in [1.54, 1.807) is 24.5 Å². The summed E-state index contributed by atoms with van der Waals surface area (Å²) in [5.74, 6) is 1.56. The van der Waals surface area contributed by atoms with Gasteiger partial charge in [-0.05, 0) is 18.6 Å². The molecule has 0 aliphatic rings. The van der Waals surface area contributed by atoms with Gasteiger partial charge in [0.1, 0.15) is 11.6 Å². The maximum Gasteiger partial charge on any atom is 0.412 e. The lowest BCUT2D eigenvalue weighted by molar-refractivity contribution is 0.200. The van der Waals surface area contributed by atoms with Gasteiger partial charge in [-0.2, -0.15) is 4.52 Å². The SMILES string of the molecule is CCCCNC(=O)Oc1cc(N)n2nc(-c3ccco3)nc2c1. The minimum absolute atomic E-state index is 0.308. The van der Waals surface area contributed by atoms with Crippen molar-refractivity contribution in [3.8, 4) is 17.3 Å². The number of hydrogen-bond donors (Lipinski definition) is 2. The molecule has 0 unspecified atom stereocenters. The molecule has 120 valence electrons. The zero-order valence-electron chi connectivity index (χ0n) is 12.7. The predicted octanol–water partition coefficient (Wildman–Crippen LogP) is 2.46. The highest BCUT2D eigenvalue weighted by molar-refractivity contribution is 5.71. The molecule has 0 spiro atoms. The molecule has 3 aromatic rings. The maximum atomic E-state index is 11.7. The average molecular weight is 315 g/mol. The number of pyridine rings is 1. The Morgan fingerprint density at radius 3 is 3.09 bits per heavy atom. The number of unbranched alkanes of at least 4 members (excludes halogenated alkanes) is 1. The van der Waals surface area contributed by atoms with Crippen molar-refractivity contribution in [3.63, 3.8) is 0 Å². The zero-order valence-corrected chi connectivity index (χ0v) is 12.7. The first kappa shape index (κ1) is 14.9. The first-order valence-electron chi connectivity index (χ1n) is 7.33. The van der Waals surface area contributed by atoms with Crippen molar-refractivity contribution in [3.05, 3.63) is 30.5 Å². The van der Waals surface area contributed by atoms with Crippen LogP contribution in [0.3, 0.4) is 0 Å². The molecule has 3 aromatic heterocycles. The van der Waals surface area contributed by atoms with Crippen LogP contribution in [0.25, 0.3) is 17.2 Å². The molecule has 0 aliphatic heterocycles. The van der Waals surface area contributed by atoms with Crippen molar-refractivity contribution in [1.82, 2.24) is 19.9 Å². The smallest absolute Gasteiger partial charge is 0.412 e. The summed E-state index contributed by atoms with van der Waals surface area (Å²) >= 11 is 0. The molecule has 0 aromatic carbocycles. The summed E-state index contributed by atoms with van der Waals surface area (Å²) in [6, 6.07) is 6.62. The van der Waals surface area contributed by atoms with Gasteiger partial charge in [-0.25, -0.2) is 9.78 Å². The molecule has 0 saturated carbocycles. The maximum absolute atomic E-state index is 11.7. The van der Waals surface area contributed by atoms with Crippen molar-refractivity contribution >= 4 is 17.6 Å². The number of nitrogens with one attached hydrogen (secondary N) is 1. The molecule has 0 atom stereocenters. The fourth-order valence-corrected chi connectivity index (χ4v) is 2.06. The summed E-state index contributed by atoms with van der Waals surface area (Å²) in [7, 11) is 0. The van der Waals surface area contributed by atoms with Crippen LogP contribution in [0.2, 0.25) is 0 Å². The van der Waals surface area contributed by atoms with Crippen LogP contribution in [-0.4, -0.2) is 27.2 Å². The topological polar surface area (TPSA) is 108 Å². The van der Waals surface area contributed by atoms with Gasteiger partial charge in [0, 0.05) is 18.7 Å². The van der Waals surface area contributed by atoms with E-state index in [4.69, 9.17) is 14.9 Å². The Balaban J connectivity index is 1.81. The first-order valence-corrected chi connectivity index (χ1v) is 7.33. The number of nitrogens with zero attached hydrogens (tertiary/aromatic N) is 3. The number of rotatable bonds is 5. The molecule has 0 saturated heterocycles. The molecule has 3 rings (SSSR count). The van der Waals surface area contributed by atoms with Gasteiger partial charge >= 0.3 is 6.09 Å². The number of anilines is 1. The summed E-state index contributed by atoms with van der Waals surface area (Å²) in [6.45, 7) is 2.62. The fourth-order valence-electron chi connectivity index (χ4n) is 2.06. The molecule has 3 heterocycles. The Hall–Kier alpha value is -3.03. The highest BCUT2D eigenvalue weighted by atomic mass is 16.6. The Morgan fingerprint density at radius 1 is 1.48 bits per heavy atom. The van der Waals surface area contributed by atoms with E-state index in [0.29, 0.717) is 35.3 Å². The van der Waals surface area contributed by atoms with Crippen LogP contribution in [0.4, 0.5) is 10.6 Å². The van der Waals surface area contributed by atoms with Crippen molar-refractivity contribution in [1.29, 1.82) is 0 Å². The Kier molecular flexibility index (Phi) is 4.13. The van der Waals surface area contributed by atoms with Gasteiger partial charge in [-0.1, -0.05) is 13.3 Å². The van der Waals surface area contributed by atoms with Crippen molar-refractivity contribution < 1.29 is 13.9 Å². The minimum Gasteiger partial charge on any atom is -0.461 e. The highest BCUT2D eigenvalue weighted by Gasteiger charge is 2.13. The second kappa shape index (κ2) is 6.39. The molecular formula is C15H17N5O3. The van der Waals surface area contributed by atoms with Gasteiger partial charge < -0.3 is 20.2 Å². The van der Waals surface area contributed by atoms with E-state index in [2.05, 4.69) is 15.4 Å². The van der Waals surface area contributed by atoms with Gasteiger partial charge in [0.15, 0.2) is 11.4 Å². The van der Waals surface area contributed by atoms with E-state index in [1.165, 1.54) is 10.6 Å². The lowest BCUT2D eigenvalue weighted by Crippen LogP contribution is -2.27. The lowest BCUT2D eigenvalue weighted by atomic mass is 10.3. The van der Waals surface area contributed by atoms with E-state index in [0.717, 1.165) is 12.8 Å². The standard InChI is InChI=1S/C15H17N5O3/c1-2-3-6-17-15(21)23-10-8-12(16)20-13(9-10)18-14(19-20)11-5-4-7-22-11/h4-5,7-9H,2-3,6,16H2,1H3,(H,17,21). The zero-order chi connectivity index (χ0) is 16.2. The molecule has 0 aliphatic carbocycles. The third-order valence-electron chi connectivity index (χ3n) is 3.19. The number of amides is 1. The van der Waals surface area contributed by atoms with Gasteiger partial charge in [0.25, 0.3) is 0 Å². The molecule has 3 N–H and O–H groups in total. The number of carbonyl (C=O) groups excluding carboxylic acids is 1. The monoisotopic (exact) mass is 315 g/mol. The molecule has 1 amide bonds. The van der Waals surface area contributed by atoms with Gasteiger partial charge in [-0.3, -0.25) is 0 Å².